The summed E-state index contributed by atoms with van der Waals surface area (Å²) in [5, 5.41) is 0. The Morgan fingerprint density at radius 1 is 1.53 bits per heavy atom. The topological polar surface area (TPSA) is 33.2 Å². The number of halogens is 1. The molecule has 0 saturated heterocycles. The highest BCUT2D eigenvalue weighted by Crippen LogP contribution is 2.18. The molecule has 15 heavy (non-hydrogen) atoms. The van der Waals surface area contributed by atoms with Gasteiger partial charge < -0.3 is 4.90 Å². The van der Waals surface area contributed by atoms with E-state index >= 15 is 0 Å². The maximum Gasteiger partial charge on any atom is 0.240 e. The molecule has 4 heteroatoms. The molecular weight excluding hydrogens is 256 g/mol. The molecule has 1 heterocycles. The highest BCUT2D eigenvalue weighted by Gasteiger charge is 2.22. The predicted octanol–water partition coefficient (Wildman–Crippen LogP) is 2.46. The first-order chi connectivity index (χ1) is 7.04. The van der Waals surface area contributed by atoms with Crippen LogP contribution in [0.4, 0.5) is 5.69 Å². The average Bonchev–Trinajstić information content (AvgIpc) is 2.27. The highest BCUT2D eigenvalue weighted by atomic mass is 79.9. The van der Waals surface area contributed by atoms with Crippen molar-refractivity contribution >= 4 is 27.5 Å². The molecule has 0 fully saturated rings. The maximum absolute atomic E-state index is 11.9. The van der Waals surface area contributed by atoms with Gasteiger partial charge in [-0.15, -0.1) is 0 Å². The SMILES string of the molecule is CC(C)C(Br)C(=O)N(C)c1cccnc1. The molecule has 82 valence electrons. The first-order valence-corrected chi connectivity index (χ1v) is 5.77. The molecule has 0 N–H and O–H groups in total. The van der Waals surface area contributed by atoms with Gasteiger partial charge >= 0.3 is 0 Å². The number of hydrogen-bond acceptors (Lipinski definition) is 2. The molecule has 3 nitrogen and oxygen atoms in total. The molecular formula is C11H15BrN2O. The summed E-state index contributed by atoms with van der Waals surface area (Å²) in [6.07, 6.45) is 3.37. The zero-order valence-corrected chi connectivity index (χ0v) is 10.7. The van der Waals surface area contributed by atoms with Crippen LogP contribution in [0.1, 0.15) is 13.8 Å². The summed E-state index contributed by atoms with van der Waals surface area (Å²) in [7, 11) is 1.76. The van der Waals surface area contributed by atoms with Crippen LogP contribution in [0.15, 0.2) is 24.5 Å². The minimum absolute atomic E-state index is 0.0537. The van der Waals surface area contributed by atoms with E-state index < -0.39 is 0 Å². The van der Waals surface area contributed by atoms with E-state index in [9.17, 15) is 4.79 Å². The molecule has 0 spiro atoms. The van der Waals surface area contributed by atoms with Crippen molar-refractivity contribution < 1.29 is 4.79 Å². The van der Waals surface area contributed by atoms with Crippen molar-refractivity contribution in [1.29, 1.82) is 0 Å². The molecule has 1 atom stereocenters. The van der Waals surface area contributed by atoms with Gasteiger partial charge in [-0.3, -0.25) is 9.78 Å². The Kier molecular flexibility index (Phi) is 4.27. The second-order valence-electron chi connectivity index (χ2n) is 3.75. The van der Waals surface area contributed by atoms with Crippen molar-refractivity contribution in [3.63, 3.8) is 0 Å². The third kappa shape index (κ3) is 3.02. The van der Waals surface area contributed by atoms with E-state index in [1.807, 2.05) is 26.0 Å². The summed E-state index contributed by atoms with van der Waals surface area (Å²) in [5.74, 6) is 0.328. The van der Waals surface area contributed by atoms with Crippen LogP contribution < -0.4 is 4.90 Å². The highest BCUT2D eigenvalue weighted by molar-refractivity contribution is 9.10. The lowest BCUT2D eigenvalue weighted by Crippen LogP contribution is -2.35. The summed E-state index contributed by atoms with van der Waals surface area (Å²) in [4.78, 5) is 17.4. The van der Waals surface area contributed by atoms with Crippen molar-refractivity contribution in [2.75, 3.05) is 11.9 Å². The molecule has 1 unspecified atom stereocenters. The predicted molar refractivity (Wildman–Crippen MR) is 65.2 cm³/mol. The Hall–Kier alpha value is -0.900. The lowest BCUT2D eigenvalue weighted by molar-refractivity contribution is -0.118. The number of nitrogens with zero attached hydrogens (tertiary/aromatic N) is 2. The third-order valence-corrected chi connectivity index (χ3v) is 3.63. The molecule has 0 aliphatic rings. The van der Waals surface area contributed by atoms with Crippen molar-refractivity contribution in [1.82, 2.24) is 4.98 Å². The molecule has 1 aromatic heterocycles. The number of alkyl halides is 1. The van der Waals surface area contributed by atoms with Crippen LogP contribution in [-0.2, 0) is 4.79 Å². The number of pyridine rings is 1. The lowest BCUT2D eigenvalue weighted by atomic mass is 10.1. The normalized spacial score (nSPS) is 12.6. The van der Waals surface area contributed by atoms with Gasteiger partial charge in [-0.2, -0.15) is 0 Å². The van der Waals surface area contributed by atoms with Crippen molar-refractivity contribution in [2.24, 2.45) is 5.92 Å². The van der Waals surface area contributed by atoms with Gasteiger partial charge in [0.15, 0.2) is 0 Å². The fraction of sp³-hybridized carbons (Fsp3) is 0.455. The summed E-state index contributed by atoms with van der Waals surface area (Å²) in [6.45, 7) is 4.02. The second-order valence-corrected chi connectivity index (χ2v) is 4.74. The van der Waals surface area contributed by atoms with E-state index in [-0.39, 0.29) is 16.7 Å². The fourth-order valence-electron chi connectivity index (χ4n) is 1.15. The van der Waals surface area contributed by atoms with Crippen LogP contribution in [0.3, 0.4) is 0 Å². The zero-order chi connectivity index (χ0) is 11.4. The largest absolute Gasteiger partial charge is 0.313 e. The van der Waals surface area contributed by atoms with E-state index in [1.165, 1.54) is 0 Å². The van der Waals surface area contributed by atoms with Crippen molar-refractivity contribution in [3.05, 3.63) is 24.5 Å². The molecule has 0 aliphatic carbocycles. The smallest absolute Gasteiger partial charge is 0.240 e. The summed E-state index contributed by atoms with van der Waals surface area (Å²) in [5.41, 5.74) is 0.813. The molecule has 0 radical (unpaired) electrons. The Morgan fingerprint density at radius 3 is 2.67 bits per heavy atom. The van der Waals surface area contributed by atoms with Crippen LogP contribution in [0, 0.1) is 5.92 Å². The molecule has 0 saturated carbocycles. The van der Waals surface area contributed by atoms with E-state index in [4.69, 9.17) is 0 Å². The van der Waals surface area contributed by atoms with E-state index in [1.54, 1.807) is 24.3 Å². The Morgan fingerprint density at radius 2 is 2.20 bits per heavy atom. The van der Waals surface area contributed by atoms with Gasteiger partial charge in [-0.1, -0.05) is 29.8 Å². The molecule has 0 bridgehead atoms. The number of anilines is 1. The van der Waals surface area contributed by atoms with Gasteiger partial charge in [-0.05, 0) is 18.1 Å². The summed E-state index contributed by atoms with van der Waals surface area (Å²) in [6, 6.07) is 3.68. The summed E-state index contributed by atoms with van der Waals surface area (Å²) < 4.78 is 0. The number of hydrogen-bond donors (Lipinski definition) is 0. The molecule has 0 aromatic carbocycles. The molecule has 1 aromatic rings. The number of amides is 1. The first kappa shape index (κ1) is 12.2. The third-order valence-electron chi connectivity index (χ3n) is 2.19. The minimum atomic E-state index is -0.150. The first-order valence-electron chi connectivity index (χ1n) is 4.85. The number of carbonyl (C=O) groups is 1. The number of aromatic nitrogens is 1. The molecule has 1 rings (SSSR count). The molecule has 1 amide bonds. The Bertz CT molecular complexity index is 327. The van der Waals surface area contributed by atoms with Gasteiger partial charge in [-0.25, -0.2) is 0 Å². The zero-order valence-electron chi connectivity index (χ0n) is 9.14. The van der Waals surface area contributed by atoms with Crippen LogP contribution in [0.25, 0.3) is 0 Å². The van der Waals surface area contributed by atoms with Gasteiger partial charge in [0.25, 0.3) is 0 Å². The number of rotatable bonds is 3. The van der Waals surface area contributed by atoms with Crippen molar-refractivity contribution in [3.8, 4) is 0 Å². The Balaban J connectivity index is 2.78. The standard InChI is InChI=1S/C11H15BrN2O/c1-8(2)10(12)11(15)14(3)9-5-4-6-13-7-9/h4-8,10H,1-3H3. The monoisotopic (exact) mass is 270 g/mol. The van der Waals surface area contributed by atoms with Crippen LogP contribution in [0.5, 0.6) is 0 Å². The summed E-state index contributed by atoms with van der Waals surface area (Å²) >= 11 is 3.39. The minimum Gasteiger partial charge on any atom is -0.313 e. The van der Waals surface area contributed by atoms with E-state index in [0.717, 1.165) is 5.69 Å². The average molecular weight is 271 g/mol. The Labute approximate surface area is 98.6 Å². The number of carbonyl (C=O) groups excluding carboxylic acids is 1. The quantitative estimate of drug-likeness (QED) is 0.791. The van der Waals surface area contributed by atoms with Gasteiger partial charge in [0.05, 0.1) is 16.7 Å². The van der Waals surface area contributed by atoms with E-state index in [0.29, 0.717) is 0 Å². The van der Waals surface area contributed by atoms with Gasteiger partial charge in [0.2, 0.25) is 5.91 Å². The van der Waals surface area contributed by atoms with Crippen molar-refractivity contribution in [2.45, 2.75) is 18.7 Å². The second kappa shape index (κ2) is 5.26. The fourth-order valence-corrected chi connectivity index (χ4v) is 1.46. The van der Waals surface area contributed by atoms with Crippen LogP contribution in [0.2, 0.25) is 0 Å². The molecule has 0 aliphatic heterocycles. The van der Waals surface area contributed by atoms with Gasteiger partial charge in [0, 0.05) is 13.2 Å². The lowest BCUT2D eigenvalue weighted by Gasteiger charge is -2.22. The van der Waals surface area contributed by atoms with E-state index in [2.05, 4.69) is 20.9 Å². The van der Waals surface area contributed by atoms with Crippen LogP contribution >= 0.6 is 15.9 Å². The van der Waals surface area contributed by atoms with Crippen LogP contribution in [-0.4, -0.2) is 22.8 Å². The van der Waals surface area contributed by atoms with Gasteiger partial charge in [0.1, 0.15) is 0 Å². The maximum atomic E-state index is 11.9.